The van der Waals surface area contributed by atoms with Crippen LogP contribution in [-0.4, -0.2) is 49.6 Å². The van der Waals surface area contributed by atoms with Gasteiger partial charge in [0.05, 0.1) is 6.54 Å². The van der Waals surface area contributed by atoms with Gasteiger partial charge in [-0.1, -0.05) is 13.8 Å². The van der Waals surface area contributed by atoms with Crippen molar-refractivity contribution in [1.82, 2.24) is 15.5 Å². The number of halogens is 1. The summed E-state index contributed by atoms with van der Waals surface area (Å²) in [7, 11) is 0. The maximum absolute atomic E-state index is 4.70. The third kappa shape index (κ3) is 7.34. The molecule has 0 aromatic carbocycles. The number of hydrogen-bond donors (Lipinski definition) is 2. The summed E-state index contributed by atoms with van der Waals surface area (Å²) in [5, 5.41) is 6.57. The van der Waals surface area contributed by atoms with E-state index in [1.54, 1.807) is 0 Å². The molecule has 0 spiro atoms. The fourth-order valence-electron chi connectivity index (χ4n) is 2.52. The third-order valence-electron chi connectivity index (χ3n) is 3.25. The molecule has 0 bridgehead atoms. The molecule has 0 unspecified atom stereocenters. The summed E-state index contributed by atoms with van der Waals surface area (Å²) < 4.78 is 0. The van der Waals surface area contributed by atoms with E-state index in [1.807, 2.05) is 0 Å². The number of hydrogen-bond acceptors (Lipinski definition) is 2. The maximum atomic E-state index is 4.70. The summed E-state index contributed by atoms with van der Waals surface area (Å²) >= 11 is 0. The van der Waals surface area contributed by atoms with Crippen LogP contribution in [-0.2, 0) is 0 Å². The van der Waals surface area contributed by atoms with E-state index in [1.165, 1.54) is 25.9 Å². The zero-order chi connectivity index (χ0) is 13.4. The first-order chi connectivity index (χ1) is 8.67. The van der Waals surface area contributed by atoms with Gasteiger partial charge in [0.1, 0.15) is 0 Å². The molecule has 19 heavy (non-hydrogen) atoms. The van der Waals surface area contributed by atoms with Crippen molar-refractivity contribution in [2.75, 3.05) is 32.7 Å². The number of guanidine groups is 1. The number of nitrogens with zero attached hydrogens (tertiary/aromatic N) is 2. The standard InChI is InChI=1S/C14H30N4.HI/c1-5-15-14(16-6-2)17-10-13-8-7-9-18(13)11-12(3)4;/h12-13H,5-11H2,1-4H3,(H2,15,16,17);1H/t13-;/m1./s1. The second kappa shape index (κ2) is 10.7. The van der Waals surface area contributed by atoms with Crippen molar-refractivity contribution in [3.63, 3.8) is 0 Å². The average Bonchev–Trinajstić information content (AvgIpc) is 2.73. The molecule has 0 radical (unpaired) electrons. The second-order valence-electron chi connectivity index (χ2n) is 5.43. The molecule has 1 rings (SSSR count). The van der Waals surface area contributed by atoms with Crippen molar-refractivity contribution in [3.8, 4) is 0 Å². The Morgan fingerprint density at radius 2 is 1.89 bits per heavy atom. The van der Waals surface area contributed by atoms with Crippen molar-refractivity contribution >= 4 is 29.9 Å². The molecule has 1 aliphatic rings. The molecule has 2 N–H and O–H groups in total. The molecule has 0 aromatic heterocycles. The third-order valence-corrected chi connectivity index (χ3v) is 3.25. The molecule has 1 atom stereocenters. The fraction of sp³-hybridized carbons (Fsp3) is 0.929. The highest BCUT2D eigenvalue weighted by Gasteiger charge is 2.24. The van der Waals surface area contributed by atoms with Crippen molar-refractivity contribution in [3.05, 3.63) is 0 Å². The molecule has 0 saturated carbocycles. The van der Waals surface area contributed by atoms with Crippen molar-refractivity contribution in [1.29, 1.82) is 0 Å². The minimum atomic E-state index is 0. The van der Waals surface area contributed by atoms with Crippen molar-refractivity contribution in [2.24, 2.45) is 10.9 Å². The molecule has 5 heteroatoms. The van der Waals surface area contributed by atoms with Gasteiger partial charge in [-0.25, -0.2) is 0 Å². The Balaban J connectivity index is 0.00000324. The highest BCUT2D eigenvalue weighted by molar-refractivity contribution is 14.0. The number of rotatable bonds is 6. The average molecular weight is 382 g/mol. The molecule has 0 amide bonds. The Morgan fingerprint density at radius 1 is 1.26 bits per heavy atom. The van der Waals surface area contributed by atoms with Crippen LogP contribution in [0.2, 0.25) is 0 Å². The smallest absolute Gasteiger partial charge is 0.191 e. The van der Waals surface area contributed by atoms with Gasteiger partial charge in [0, 0.05) is 25.7 Å². The first-order valence-corrected chi connectivity index (χ1v) is 7.43. The summed E-state index contributed by atoms with van der Waals surface area (Å²) in [6, 6.07) is 0.639. The number of aliphatic imine (C=N–C) groups is 1. The first kappa shape index (κ1) is 19.0. The van der Waals surface area contributed by atoms with Gasteiger partial charge in [-0.05, 0) is 39.2 Å². The van der Waals surface area contributed by atoms with Crippen LogP contribution in [0, 0.1) is 5.92 Å². The molecule has 1 saturated heterocycles. The van der Waals surface area contributed by atoms with Gasteiger partial charge in [0.15, 0.2) is 5.96 Å². The Labute approximate surface area is 135 Å². The van der Waals surface area contributed by atoms with E-state index in [9.17, 15) is 0 Å². The highest BCUT2D eigenvalue weighted by Crippen LogP contribution is 2.18. The summed E-state index contributed by atoms with van der Waals surface area (Å²) in [6.45, 7) is 14.0. The number of nitrogens with one attached hydrogen (secondary N) is 2. The lowest BCUT2D eigenvalue weighted by molar-refractivity contribution is 0.231. The molecule has 0 aliphatic carbocycles. The Kier molecular flexibility index (Phi) is 10.7. The van der Waals surface area contributed by atoms with Gasteiger partial charge >= 0.3 is 0 Å². The van der Waals surface area contributed by atoms with Crippen LogP contribution >= 0.6 is 24.0 Å². The van der Waals surface area contributed by atoms with E-state index in [0.29, 0.717) is 6.04 Å². The molecular weight excluding hydrogens is 351 g/mol. The van der Waals surface area contributed by atoms with Gasteiger partial charge in [0.2, 0.25) is 0 Å². The molecular formula is C14H31IN4. The topological polar surface area (TPSA) is 39.7 Å². The normalized spacial score (nSPS) is 19.1. The van der Waals surface area contributed by atoms with E-state index >= 15 is 0 Å². The number of likely N-dealkylation sites (tertiary alicyclic amines) is 1. The zero-order valence-corrected chi connectivity index (χ0v) is 15.2. The largest absolute Gasteiger partial charge is 0.357 e. The Hall–Kier alpha value is -0.0400. The van der Waals surface area contributed by atoms with Gasteiger partial charge < -0.3 is 10.6 Å². The van der Waals surface area contributed by atoms with Crippen molar-refractivity contribution in [2.45, 2.75) is 46.6 Å². The SMILES string of the molecule is CCNC(=NC[C@H]1CCCN1CC(C)C)NCC.I. The van der Waals surface area contributed by atoms with Crippen LogP contribution in [0.25, 0.3) is 0 Å². The zero-order valence-electron chi connectivity index (χ0n) is 12.9. The lowest BCUT2D eigenvalue weighted by atomic mass is 10.2. The minimum absolute atomic E-state index is 0. The predicted molar refractivity (Wildman–Crippen MR) is 94.5 cm³/mol. The van der Waals surface area contributed by atoms with Crippen LogP contribution in [0.4, 0.5) is 0 Å². The van der Waals surface area contributed by atoms with Gasteiger partial charge in [-0.3, -0.25) is 9.89 Å². The predicted octanol–water partition coefficient (Wildman–Crippen LogP) is 2.30. The summed E-state index contributed by atoms with van der Waals surface area (Å²) in [6.07, 6.45) is 2.62. The second-order valence-corrected chi connectivity index (χ2v) is 5.43. The van der Waals surface area contributed by atoms with Gasteiger partial charge in [-0.2, -0.15) is 0 Å². The quantitative estimate of drug-likeness (QED) is 0.421. The lowest BCUT2D eigenvalue weighted by Gasteiger charge is -2.25. The molecule has 0 aromatic rings. The maximum Gasteiger partial charge on any atom is 0.191 e. The Bertz CT molecular complexity index is 248. The summed E-state index contributed by atoms with van der Waals surface area (Å²) in [4.78, 5) is 7.30. The van der Waals surface area contributed by atoms with Crippen LogP contribution in [0.3, 0.4) is 0 Å². The molecule has 1 heterocycles. The molecule has 1 aliphatic heterocycles. The van der Waals surface area contributed by atoms with E-state index in [4.69, 9.17) is 4.99 Å². The van der Waals surface area contributed by atoms with Gasteiger partial charge in [0.25, 0.3) is 0 Å². The lowest BCUT2D eigenvalue weighted by Crippen LogP contribution is -2.39. The van der Waals surface area contributed by atoms with Crippen molar-refractivity contribution < 1.29 is 0 Å². The summed E-state index contributed by atoms with van der Waals surface area (Å²) in [5.74, 6) is 1.70. The monoisotopic (exact) mass is 382 g/mol. The van der Waals surface area contributed by atoms with E-state index < -0.39 is 0 Å². The first-order valence-electron chi connectivity index (χ1n) is 7.43. The highest BCUT2D eigenvalue weighted by atomic mass is 127. The molecule has 1 fully saturated rings. The van der Waals surface area contributed by atoms with Crippen LogP contribution < -0.4 is 10.6 Å². The minimum Gasteiger partial charge on any atom is -0.357 e. The van der Waals surface area contributed by atoms with Crippen LogP contribution in [0.15, 0.2) is 4.99 Å². The van der Waals surface area contributed by atoms with Crippen LogP contribution in [0.5, 0.6) is 0 Å². The fourth-order valence-corrected chi connectivity index (χ4v) is 2.52. The van der Waals surface area contributed by atoms with Gasteiger partial charge in [-0.15, -0.1) is 24.0 Å². The van der Waals surface area contributed by atoms with E-state index in [-0.39, 0.29) is 24.0 Å². The van der Waals surface area contributed by atoms with E-state index in [0.717, 1.165) is 31.5 Å². The van der Waals surface area contributed by atoms with E-state index in [2.05, 4.69) is 43.2 Å². The van der Waals surface area contributed by atoms with Crippen LogP contribution in [0.1, 0.15) is 40.5 Å². The molecule has 4 nitrogen and oxygen atoms in total. The Morgan fingerprint density at radius 3 is 2.42 bits per heavy atom. The summed E-state index contributed by atoms with van der Waals surface area (Å²) in [5.41, 5.74) is 0. The molecule has 114 valence electrons.